The lowest BCUT2D eigenvalue weighted by molar-refractivity contribution is 0.603. The van der Waals surface area contributed by atoms with E-state index in [2.05, 4.69) is 71.6 Å². The molecule has 1 aliphatic rings. The van der Waals surface area contributed by atoms with Crippen LogP contribution in [0.5, 0.6) is 0 Å². The van der Waals surface area contributed by atoms with E-state index in [0.717, 1.165) is 29.7 Å². The number of pyridine rings is 1. The second kappa shape index (κ2) is 6.74. The highest BCUT2D eigenvalue weighted by molar-refractivity contribution is 5.92. The Balaban J connectivity index is 1.64. The first kappa shape index (κ1) is 17.4. The molecular formula is C23H27N5. The fourth-order valence-electron chi connectivity index (χ4n) is 4.66. The first-order chi connectivity index (χ1) is 13.6. The molecule has 1 saturated heterocycles. The molecule has 0 spiro atoms. The molecule has 0 aliphatic carbocycles. The molecule has 4 heterocycles. The van der Waals surface area contributed by atoms with E-state index in [4.69, 9.17) is 0 Å². The van der Waals surface area contributed by atoms with Gasteiger partial charge in [-0.15, -0.1) is 0 Å². The molecule has 0 radical (unpaired) electrons. The number of rotatable bonds is 4. The van der Waals surface area contributed by atoms with Gasteiger partial charge in [-0.05, 0) is 73.5 Å². The summed E-state index contributed by atoms with van der Waals surface area (Å²) < 4.78 is 1.87. The predicted molar refractivity (Wildman–Crippen MR) is 114 cm³/mol. The van der Waals surface area contributed by atoms with Gasteiger partial charge in [0.2, 0.25) is 0 Å². The van der Waals surface area contributed by atoms with Gasteiger partial charge in [-0.3, -0.25) is 0 Å². The van der Waals surface area contributed by atoms with Crippen molar-refractivity contribution in [3.05, 3.63) is 53.5 Å². The Kier molecular flexibility index (Phi) is 4.20. The fraction of sp³-hybridized carbons (Fsp3) is 0.391. The lowest BCUT2D eigenvalue weighted by Gasteiger charge is -2.12. The molecular weight excluding hydrogens is 346 g/mol. The number of nitrogens with zero attached hydrogens (tertiary/aromatic N) is 3. The third kappa shape index (κ3) is 2.90. The number of aromatic amines is 1. The molecule has 1 fully saturated rings. The van der Waals surface area contributed by atoms with Crippen molar-refractivity contribution in [1.82, 2.24) is 24.9 Å². The lowest BCUT2D eigenvalue weighted by Crippen LogP contribution is -2.23. The van der Waals surface area contributed by atoms with Crippen molar-refractivity contribution < 1.29 is 0 Å². The first-order valence-corrected chi connectivity index (χ1v) is 10.3. The summed E-state index contributed by atoms with van der Waals surface area (Å²) in [6.07, 6.45) is 7.38. The summed E-state index contributed by atoms with van der Waals surface area (Å²) in [5.74, 6) is 0.426. The molecule has 5 rings (SSSR count). The Morgan fingerprint density at radius 2 is 2.14 bits per heavy atom. The number of fused-ring (bicyclic) bond motifs is 2. The van der Waals surface area contributed by atoms with E-state index in [0.29, 0.717) is 12.0 Å². The Morgan fingerprint density at radius 1 is 1.25 bits per heavy atom. The van der Waals surface area contributed by atoms with E-state index in [9.17, 15) is 0 Å². The molecule has 28 heavy (non-hydrogen) atoms. The number of benzene rings is 1. The van der Waals surface area contributed by atoms with Crippen LogP contribution in [0.1, 0.15) is 49.3 Å². The number of H-pyrrole nitrogens is 1. The monoisotopic (exact) mass is 373 g/mol. The molecule has 1 aromatic carbocycles. The van der Waals surface area contributed by atoms with Crippen LogP contribution >= 0.6 is 0 Å². The van der Waals surface area contributed by atoms with Crippen molar-refractivity contribution in [2.75, 3.05) is 6.54 Å². The number of hydrogen-bond donors (Lipinski definition) is 2. The molecule has 0 saturated carbocycles. The van der Waals surface area contributed by atoms with Gasteiger partial charge in [-0.2, -0.15) is 5.10 Å². The Morgan fingerprint density at radius 3 is 2.93 bits per heavy atom. The van der Waals surface area contributed by atoms with E-state index in [-0.39, 0.29) is 0 Å². The standard InChI is InChI=1S/C23H27N5/c1-14(2)21-19-11-16(10-18-5-4-8-24-18)6-7-20(19)27-22(21)17-9-15(3)23-25-13-26-28(23)12-17/h6-7,9,11-14,18,24,27H,4-5,8,10H2,1-3H3. The summed E-state index contributed by atoms with van der Waals surface area (Å²) in [6, 6.07) is 9.75. The quantitative estimate of drug-likeness (QED) is 0.549. The van der Waals surface area contributed by atoms with Gasteiger partial charge in [0.05, 0.1) is 5.69 Å². The highest BCUT2D eigenvalue weighted by Gasteiger charge is 2.19. The Hall–Kier alpha value is -2.66. The maximum absolute atomic E-state index is 4.35. The molecule has 0 bridgehead atoms. The minimum absolute atomic E-state index is 0.426. The van der Waals surface area contributed by atoms with Gasteiger partial charge in [0.25, 0.3) is 0 Å². The average Bonchev–Trinajstić information content (AvgIpc) is 3.40. The van der Waals surface area contributed by atoms with Crippen LogP contribution in [0.25, 0.3) is 27.8 Å². The van der Waals surface area contributed by atoms with E-state index >= 15 is 0 Å². The minimum Gasteiger partial charge on any atom is -0.354 e. The van der Waals surface area contributed by atoms with Gasteiger partial charge >= 0.3 is 0 Å². The smallest absolute Gasteiger partial charge is 0.158 e. The molecule has 2 N–H and O–H groups in total. The summed E-state index contributed by atoms with van der Waals surface area (Å²) in [5.41, 5.74) is 8.42. The first-order valence-electron chi connectivity index (χ1n) is 10.3. The van der Waals surface area contributed by atoms with Crippen molar-refractivity contribution in [2.24, 2.45) is 0 Å². The highest BCUT2D eigenvalue weighted by atomic mass is 15.3. The molecule has 144 valence electrons. The fourth-order valence-corrected chi connectivity index (χ4v) is 4.66. The van der Waals surface area contributed by atoms with Crippen LogP contribution in [0.15, 0.2) is 36.8 Å². The van der Waals surface area contributed by atoms with Gasteiger partial charge in [-0.25, -0.2) is 9.50 Å². The topological polar surface area (TPSA) is 58.0 Å². The zero-order chi connectivity index (χ0) is 19.3. The average molecular weight is 374 g/mol. The molecule has 1 unspecified atom stereocenters. The predicted octanol–water partition coefficient (Wildman–Crippen LogP) is 4.60. The highest BCUT2D eigenvalue weighted by Crippen LogP contribution is 2.36. The van der Waals surface area contributed by atoms with Gasteiger partial charge in [-0.1, -0.05) is 19.9 Å². The molecule has 3 aromatic heterocycles. The normalized spacial score (nSPS) is 17.4. The largest absolute Gasteiger partial charge is 0.354 e. The second-order valence-corrected chi connectivity index (χ2v) is 8.39. The van der Waals surface area contributed by atoms with Gasteiger partial charge < -0.3 is 10.3 Å². The number of aromatic nitrogens is 4. The Labute approximate surface area is 165 Å². The van der Waals surface area contributed by atoms with Crippen molar-refractivity contribution >= 4 is 16.6 Å². The third-order valence-corrected chi connectivity index (χ3v) is 5.97. The third-order valence-electron chi connectivity index (χ3n) is 5.97. The number of hydrogen-bond acceptors (Lipinski definition) is 3. The molecule has 4 aromatic rings. The zero-order valence-electron chi connectivity index (χ0n) is 16.8. The second-order valence-electron chi connectivity index (χ2n) is 8.39. The molecule has 1 aliphatic heterocycles. The maximum atomic E-state index is 4.35. The van der Waals surface area contributed by atoms with Crippen LogP contribution < -0.4 is 5.32 Å². The van der Waals surface area contributed by atoms with E-state index in [1.807, 2.05) is 4.52 Å². The zero-order valence-corrected chi connectivity index (χ0v) is 16.8. The van der Waals surface area contributed by atoms with E-state index in [1.165, 1.54) is 40.6 Å². The minimum atomic E-state index is 0.426. The lowest BCUT2D eigenvalue weighted by atomic mass is 9.94. The summed E-state index contributed by atoms with van der Waals surface area (Å²) in [7, 11) is 0. The van der Waals surface area contributed by atoms with Crippen LogP contribution in [0.4, 0.5) is 0 Å². The van der Waals surface area contributed by atoms with Crippen LogP contribution in [0, 0.1) is 6.92 Å². The summed E-state index contributed by atoms with van der Waals surface area (Å²) in [5, 5.41) is 9.31. The molecule has 0 amide bonds. The van der Waals surface area contributed by atoms with Crippen LogP contribution in [-0.4, -0.2) is 32.2 Å². The van der Waals surface area contributed by atoms with Crippen LogP contribution in [0.2, 0.25) is 0 Å². The number of nitrogens with one attached hydrogen (secondary N) is 2. The van der Waals surface area contributed by atoms with Crippen molar-refractivity contribution in [1.29, 1.82) is 0 Å². The van der Waals surface area contributed by atoms with Gasteiger partial charge in [0.1, 0.15) is 6.33 Å². The van der Waals surface area contributed by atoms with Crippen molar-refractivity contribution in [2.45, 2.75) is 52.0 Å². The van der Waals surface area contributed by atoms with Gasteiger partial charge in [0, 0.05) is 28.7 Å². The van der Waals surface area contributed by atoms with E-state index in [1.54, 1.807) is 6.33 Å². The molecule has 1 atom stereocenters. The maximum Gasteiger partial charge on any atom is 0.158 e. The van der Waals surface area contributed by atoms with E-state index < -0.39 is 0 Å². The van der Waals surface area contributed by atoms with Crippen molar-refractivity contribution in [3.8, 4) is 11.3 Å². The van der Waals surface area contributed by atoms with Crippen molar-refractivity contribution in [3.63, 3.8) is 0 Å². The van der Waals surface area contributed by atoms with Crippen LogP contribution in [0.3, 0.4) is 0 Å². The number of aryl methyl sites for hydroxylation is 1. The summed E-state index contributed by atoms with van der Waals surface area (Å²) >= 11 is 0. The molecule has 5 nitrogen and oxygen atoms in total. The SMILES string of the molecule is Cc1cc(-c2[nH]c3ccc(CC4CCCN4)cc3c2C(C)C)cn2ncnc12. The Bertz CT molecular complexity index is 1140. The van der Waals surface area contributed by atoms with Gasteiger partial charge in [0.15, 0.2) is 5.65 Å². The molecule has 5 heteroatoms. The summed E-state index contributed by atoms with van der Waals surface area (Å²) in [4.78, 5) is 8.04. The summed E-state index contributed by atoms with van der Waals surface area (Å²) in [6.45, 7) is 7.80. The van der Waals surface area contributed by atoms with Crippen LogP contribution in [-0.2, 0) is 6.42 Å².